The van der Waals surface area contributed by atoms with Crippen LogP contribution in [0.3, 0.4) is 0 Å². The summed E-state index contributed by atoms with van der Waals surface area (Å²) in [6.45, 7) is 7.33. The van der Waals surface area contributed by atoms with E-state index in [0.717, 1.165) is 37.9 Å². The van der Waals surface area contributed by atoms with E-state index in [9.17, 15) is 0 Å². The standard InChI is InChI=1S/C10H21N3/c1-3-10(11)12-7-8-13(4-2)9-5-6-9/h9H,3-8H2,1-2H3,(H2,11,12). The number of amidine groups is 1. The molecule has 0 radical (unpaired) electrons. The zero-order chi connectivity index (χ0) is 9.68. The molecule has 3 heteroatoms. The normalized spacial score (nSPS) is 18.2. The fraction of sp³-hybridized carbons (Fsp3) is 0.900. The van der Waals surface area contributed by atoms with Crippen molar-refractivity contribution in [1.82, 2.24) is 4.90 Å². The molecule has 0 heterocycles. The van der Waals surface area contributed by atoms with Crippen LogP contribution in [0.1, 0.15) is 33.1 Å². The van der Waals surface area contributed by atoms with Crippen molar-refractivity contribution in [3.63, 3.8) is 0 Å². The lowest BCUT2D eigenvalue weighted by Crippen LogP contribution is -2.29. The third kappa shape index (κ3) is 3.77. The number of hydrogen-bond donors (Lipinski definition) is 1. The second-order valence-electron chi connectivity index (χ2n) is 3.59. The van der Waals surface area contributed by atoms with Crippen LogP contribution < -0.4 is 5.73 Å². The Hall–Kier alpha value is -0.570. The van der Waals surface area contributed by atoms with E-state index in [1.807, 2.05) is 6.92 Å². The Morgan fingerprint density at radius 2 is 2.15 bits per heavy atom. The quantitative estimate of drug-likeness (QED) is 0.497. The highest BCUT2D eigenvalue weighted by Gasteiger charge is 2.26. The summed E-state index contributed by atoms with van der Waals surface area (Å²) >= 11 is 0. The third-order valence-electron chi connectivity index (χ3n) is 2.53. The lowest BCUT2D eigenvalue weighted by atomic mass is 10.4. The number of aliphatic imine (C=N–C) groups is 1. The highest BCUT2D eigenvalue weighted by Crippen LogP contribution is 2.25. The highest BCUT2D eigenvalue weighted by molar-refractivity contribution is 5.79. The molecule has 0 atom stereocenters. The minimum atomic E-state index is 0.784. The first-order valence-corrected chi connectivity index (χ1v) is 5.30. The van der Waals surface area contributed by atoms with Crippen LogP contribution in [0.5, 0.6) is 0 Å². The zero-order valence-electron chi connectivity index (χ0n) is 8.79. The molecule has 0 aromatic rings. The average Bonchev–Trinajstić information content (AvgIpc) is 2.95. The average molecular weight is 183 g/mol. The van der Waals surface area contributed by atoms with Gasteiger partial charge in [0.1, 0.15) is 0 Å². The third-order valence-corrected chi connectivity index (χ3v) is 2.53. The van der Waals surface area contributed by atoms with Crippen LogP contribution in [0.15, 0.2) is 4.99 Å². The van der Waals surface area contributed by atoms with Crippen molar-refractivity contribution in [3.8, 4) is 0 Å². The Bertz CT molecular complexity index is 173. The van der Waals surface area contributed by atoms with Crippen LogP contribution in [0.25, 0.3) is 0 Å². The molecule has 0 amide bonds. The molecule has 1 aliphatic carbocycles. The molecule has 3 nitrogen and oxygen atoms in total. The monoisotopic (exact) mass is 183 g/mol. The molecule has 76 valence electrons. The molecule has 13 heavy (non-hydrogen) atoms. The molecule has 0 bridgehead atoms. The molecule has 0 saturated heterocycles. The Morgan fingerprint density at radius 1 is 1.46 bits per heavy atom. The van der Waals surface area contributed by atoms with Gasteiger partial charge in [-0.15, -0.1) is 0 Å². The summed E-state index contributed by atoms with van der Waals surface area (Å²) in [6, 6.07) is 0.850. The fourth-order valence-corrected chi connectivity index (χ4v) is 1.47. The summed E-state index contributed by atoms with van der Waals surface area (Å²) in [5.41, 5.74) is 5.62. The summed E-state index contributed by atoms with van der Waals surface area (Å²) in [6.07, 6.45) is 3.62. The summed E-state index contributed by atoms with van der Waals surface area (Å²) in [7, 11) is 0. The van der Waals surface area contributed by atoms with Gasteiger partial charge in [-0.2, -0.15) is 0 Å². The van der Waals surface area contributed by atoms with E-state index in [0.29, 0.717) is 0 Å². The largest absolute Gasteiger partial charge is 0.387 e. The minimum absolute atomic E-state index is 0.784. The predicted octanol–water partition coefficient (Wildman–Crippen LogP) is 1.24. The lowest BCUT2D eigenvalue weighted by Gasteiger charge is -2.18. The Kier molecular flexibility index (Phi) is 4.22. The van der Waals surface area contributed by atoms with E-state index in [1.54, 1.807) is 0 Å². The Morgan fingerprint density at radius 3 is 2.62 bits per heavy atom. The summed E-state index contributed by atoms with van der Waals surface area (Å²) in [5, 5.41) is 0. The molecule has 0 aromatic heterocycles. The predicted molar refractivity (Wildman–Crippen MR) is 57.0 cm³/mol. The van der Waals surface area contributed by atoms with E-state index in [4.69, 9.17) is 5.73 Å². The Labute approximate surface area is 81.0 Å². The minimum Gasteiger partial charge on any atom is -0.387 e. The van der Waals surface area contributed by atoms with Gasteiger partial charge >= 0.3 is 0 Å². The molecule has 0 spiro atoms. The van der Waals surface area contributed by atoms with Gasteiger partial charge in [-0.1, -0.05) is 13.8 Å². The van der Waals surface area contributed by atoms with Crippen molar-refractivity contribution in [2.45, 2.75) is 39.2 Å². The van der Waals surface area contributed by atoms with Gasteiger partial charge in [0.15, 0.2) is 0 Å². The first kappa shape index (κ1) is 10.5. The van der Waals surface area contributed by atoms with Gasteiger partial charge in [-0.05, 0) is 19.4 Å². The van der Waals surface area contributed by atoms with Crippen molar-refractivity contribution in [3.05, 3.63) is 0 Å². The van der Waals surface area contributed by atoms with Crippen LogP contribution in [0.4, 0.5) is 0 Å². The van der Waals surface area contributed by atoms with Gasteiger partial charge in [0, 0.05) is 19.0 Å². The van der Waals surface area contributed by atoms with Crippen molar-refractivity contribution in [2.75, 3.05) is 19.6 Å². The molecule has 0 aromatic carbocycles. The number of likely N-dealkylation sites (N-methyl/N-ethyl adjacent to an activating group) is 1. The van der Waals surface area contributed by atoms with Crippen LogP contribution in [-0.2, 0) is 0 Å². The molecule has 0 unspecified atom stereocenters. The van der Waals surface area contributed by atoms with E-state index in [-0.39, 0.29) is 0 Å². The smallest absolute Gasteiger partial charge is 0.0934 e. The number of nitrogens with zero attached hydrogens (tertiary/aromatic N) is 2. The van der Waals surface area contributed by atoms with E-state index < -0.39 is 0 Å². The molecule has 0 aliphatic heterocycles. The summed E-state index contributed by atoms with van der Waals surface area (Å²) < 4.78 is 0. The first-order valence-electron chi connectivity index (χ1n) is 5.30. The molecule has 1 rings (SSSR count). The lowest BCUT2D eigenvalue weighted by molar-refractivity contribution is 0.286. The van der Waals surface area contributed by atoms with Gasteiger partial charge in [0.2, 0.25) is 0 Å². The maximum absolute atomic E-state index is 5.62. The van der Waals surface area contributed by atoms with Crippen molar-refractivity contribution in [2.24, 2.45) is 10.7 Å². The molecule has 1 fully saturated rings. The number of nitrogens with two attached hydrogens (primary N) is 1. The number of hydrogen-bond acceptors (Lipinski definition) is 2. The van der Waals surface area contributed by atoms with E-state index in [2.05, 4.69) is 16.8 Å². The highest BCUT2D eigenvalue weighted by atomic mass is 15.2. The second-order valence-corrected chi connectivity index (χ2v) is 3.59. The SMILES string of the molecule is CCC(N)=NCCN(CC)C1CC1. The van der Waals surface area contributed by atoms with Gasteiger partial charge in [-0.25, -0.2) is 0 Å². The van der Waals surface area contributed by atoms with Gasteiger partial charge in [0.25, 0.3) is 0 Å². The van der Waals surface area contributed by atoms with Crippen LogP contribution in [0.2, 0.25) is 0 Å². The van der Waals surface area contributed by atoms with Crippen LogP contribution in [-0.4, -0.2) is 36.4 Å². The van der Waals surface area contributed by atoms with Gasteiger partial charge in [-0.3, -0.25) is 9.89 Å². The van der Waals surface area contributed by atoms with E-state index >= 15 is 0 Å². The van der Waals surface area contributed by atoms with Gasteiger partial charge in [0.05, 0.1) is 12.4 Å². The second kappa shape index (κ2) is 5.22. The van der Waals surface area contributed by atoms with Crippen LogP contribution >= 0.6 is 0 Å². The fourth-order valence-electron chi connectivity index (χ4n) is 1.47. The first-order chi connectivity index (χ1) is 6.27. The summed E-state index contributed by atoms with van der Waals surface area (Å²) in [4.78, 5) is 6.79. The maximum atomic E-state index is 5.62. The molecular formula is C10H21N3. The van der Waals surface area contributed by atoms with Crippen molar-refractivity contribution >= 4 is 5.84 Å². The van der Waals surface area contributed by atoms with Gasteiger partial charge < -0.3 is 5.73 Å². The maximum Gasteiger partial charge on any atom is 0.0934 e. The zero-order valence-corrected chi connectivity index (χ0v) is 8.79. The van der Waals surface area contributed by atoms with Crippen molar-refractivity contribution < 1.29 is 0 Å². The topological polar surface area (TPSA) is 41.6 Å². The molecule has 1 aliphatic rings. The van der Waals surface area contributed by atoms with E-state index in [1.165, 1.54) is 12.8 Å². The number of rotatable bonds is 6. The molecular weight excluding hydrogens is 162 g/mol. The molecule has 1 saturated carbocycles. The Balaban J connectivity index is 2.15. The van der Waals surface area contributed by atoms with Crippen LogP contribution in [0, 0.1) is 0 Å². The molecule has 2 N–H and O–H groups in total. The summed E-state index contributed by atoms with van der Waals surface area (Å²) in [5.74, 6) is 0.784. The van der Waals surface area contributed by atoms with Crippen molar-refractivity contribution in [1.29, 1.82) is 0 Å².